The van der Waals surface area contributed by atoms with Crippen LogP contribution in [0.3, 0.4) is 0 Å². The highest BCUT2D eigenvalue weighted by atomic mass is 16.3. The third kappa shape index (κ3) is 3.10. The lowest BCUT2D eigenvalue weighted by atomic mass is 9.78. The van der Waals surface area contributed by atoms with Gasteiger partial charge in [-0.3, -0.25) is 4.79 Å². The van der Waals surface area contributed by atoms with Crippen molar-refractivity contribution < 1.29 is 9.90 Å². The maximum Gasteiger partial charge on any atom is 0.211 e. The quantitative estimate of drug-likeness (QED) is 0.826. The van der Waals surface area contributed by atoms with Crippen LogP contribution in [-0.2, 0) is 23.8 Å². The van der Waals surface area contributed by atoms with Crippen LogP contribution in [0.2, 0.25) is 0 Å². The summed E-state index contributed by atoms with van der Waals surface area (Å²) in [5.41, 5.74) is 2.40. The molecule has 0 fully saturated rings. The highest BCUT2D eigenvalue weighted by Crippen LogP contribution is 2.40. The predicted octanol–water partition coefficient (Wildman–Crippen LogP) is 4.36. The summed E-state index contributed by atoms with van der Waals surface area (Å²) in [6, 6.07) is 3.70. The van der Waals surface area contributed by atoms with Gasteiger partial charge < -0.3 is 9.67 Å². The lowest BCUT2D eigenvalue weighted by Gasteiger charge is -2.28. The predicted molar refractivity (Wildman–Crippen MR) is 99.5 cm³/mol. The second-order valence-corrected chi connectivity index (χ2v) is 9.06. The lowest BCUT2D eigenvalue weighted by molar-refractivity contribution is 0.103. The molecule has 0 radical (unpaired) electrons. The van der Waals surface area contributed by atoms with Gasteiger partial charge in [0.2, 0.25) is 5.78 Å². The number of hydrogen-bond donors (Lipinski definition) is 1. The Hall–Kier alpha value is -2.10. The number of hydrogen-bond acceptors (Lipinski definition) is 3. The van der Waals surface area contributed by atoms with Gasteiger partial charge in [-0.05, 0) is 29.4 Å². The Morgan fingerprint density at radius 3 is 2.16 bits per heavy atom. The molecule has 1 aromatic carbocycles. The third-order valence-electron chi connectivity index (χ3n) is 4.94. The van der Waals surface area contributed by atoms with E-state index in [2.05, 4.69) is 46.5 Å². The van der Waals surface area contributed by atoms with Gasteiger partial charge in [-0.1, -0.05) is 41.5 Å². The van der Waals surface area contributed by atoms with Crippen LogP contribution in [0.1, 0.15) is 81.0 Å². The number of aromatic nitrogens is 2. The highest BCUT2D eigenvalue weighted by Gasteiger charge is 2.29. The van der Waals surface area contributed by atoms with Crippen LogP contribution in [0.15, 0.2) is 18.3 Å². The van der Waals surface area contributed by atoms with Crippen molar-refractivity contribution in [3.8, 4) is 5.75 Å². The molecular formula is C21H28N2O2. The number of phenols is 1. The van der Waals surface area contributed by atoms with Crippen molar-refractivity contribution in [3.63, 3.8) is 0 Å². The number of imidazole rings is 1. The normalized spacial score (nSPS) is 14.6. The molecule has 0 saturated carbocycles. The van der Waals surface area contributed by atoms with Gasteiger partial charge in [0.1, 0.15) is 17.3 Å². The maximum atomic E-state index is 13.2. The van der Waals surface area contributed by atoms with Gasteiger partial charge in [-0.25, -0.2) is 4.98 Å². The van der Waals surface area contributed by atoms with E-state index in [9.17, 15) is 9.90 Å². The number of carbonyl (C=O) groups excluding carboxylic acids is 1. The smallest absolute Gasteiger partial charge is 0.211 e. The van der Waals surface area contributed by atoms with Gasteiger partial charge in [-0.2, -0.15) is 0 Å². The average Bonchev–Trinajstić information content (AvgIpc) is 3.06. The monoisotopic (exact) mass is 340 g/mol. The first-order chi connectivity index (χ1) is 11.5. The summed E-state index contributed by atoms with van der Waals surface area (Å²) < 4.78 is 2.03. The van der Waals surface area contributed by atoms with Crippen molar-refractivity contribution in [2.24, 2.45) is 0 Å². The zero-order valence-electron chi connectivity index (χ0n) is 16.1. The van der Waals surface area contributed by atoms with Gasteiger partial charge in [0.25, 0.3) is 0 Å². The van der Waals surface area contributed by atoms with Crippen molar-refractivity contribution in [2.75, 3.05) is 0 Å². The molecule has 134 valence electrons. The molecule has 0 bridgehead atoms. The molecule has 0 amide bonds. The summed E-state index contributed by atoms with van der Waals surface area (Å²) in [5.74, 6) is 1.28. The Bertz CT molecular complexity index is 798. The molecule has 4 nitrogen and oxygen atoms in total. The average molecular weight is 340 g/mol. The molecule has 2 aromatic rings. The number of aromatic hydroxyl groups is 1. The molecule has 1 N–H and O–H groups in total. The fourth-order valence-electron chi connectivity index (χ4n) is 3.50. The summed E-state index contributed by atoms with van der Waals surface area (Å²) in [7, 11) is 0. The van der Waals surface area contributed by atoms with Gasteiger partial charge >= 0.3 is 0 Å². The Balaban J connectivity index is 2.17. The standard InChI is InChI=1S/C21H28N2O2/c1-20(2,3)14-10-13(11-15(19(14)25)21(4,5)6)18(24)16-12-22-17-8-7-9-23(16)17/h10-12,25H,7-9H2,1-6H3. The van der Waals surface area contributed by atoms with Crippen molar-refractivity contribution in [3.05, 3.63) is 46.5 Å². The van der Waals surface area contributed by atoms with E-state index in [4.69, 9.17) is 0 Å². The first-order valence-corrected chi connectivity index (χ1v) is 8.97. The maximum absolute atomic E-state index is 13.2. The fraction of sp³-hybridized carbons (Fsp3) is 0.524. The Kier molecular flexibility index (Phi) is 4.05. The molecule has 0 spiro atoms. The second-order valence-electron chi connectivity index (χ2n) is 9.06. The third-order valence-corrected chi connectivity index (χ3v) is 4.94. The first kappa shape index (κ1) is 17.7. The molecule has 25 heavy (non-hydrogen) atoms. The van der Waals surface area contributed by atoms with E-state index < -0.39 is 0 Å². The van der Waals surface area contributed by atoms with Gasteiger partial charge in [0, 0.05) is 29.7 Å². The van der Waals surface area contributed by atoms with E-state index in [0.717, 1.165) is 36.3 Å². The van der Waals surface area contributed by atoms with E-state index in [0.29, 0.717) is 17.0 Å². The van der Waals surface area contributed by atoms with Gasteiger partial charge in [-0.15, -0.1) is 0 Å². The molecule has 0 unspecified atom stereocenters. The minimum absolute atomic E-state index is 0.0170. The molecule has 3 rings (SSSR count). The Labute approximate surface area is 149 Å². The van der Waals surface area contributed by atoms with Crippen LogP contribution in [0.5, 0.6) is 5.75 Å². The molecule has 0 atom stereocenters. The van der Waals surface area contributed by atoms with Crippen molar-refractivity contribution in [1.82, 2.24) is 9.55 Å². The van der Waals surface area contributed by atoms with Gasteiger partial charge in [0.05, 0.1) is 6.20 Å². The molecule has 4 heteroatoms. The van der Waals surface area contributed by atoms with E-state index in [1.165, 1.54) is 0 Å². The number of rotatable bonds is 2. The first-order valence-electron chi connectivity index (χ1n) is 8.97. The number of nitrogens with zero attached hydrogens (tertiary/aromatic N) is 2. The topological polar surface area (TPSA) is 55.1 Å². The molecule has 0 aliphatic carbocycles. The molecule has 1 aliphatic heterocycles. The van der Waals surface area contributed by atoms with Crippen LogP contribution in [0.4, 0.5) is 0 Å². The number of fused-ring (bicyclic) bond motifs is 1. The van der Waals surface area contributed by atoms with E-state index in [1.54, 1.807) is 6.20 Å². The summed E-state index contributed by atoms with van der Waals surface area (Å²) in [5, 5.41) is 10.8. The molecule has 1 aliphatic rings. The molecule has 2 heterocycles. The summed E-state index contributed by atoms with van der Waals surface area (Å²) >= 11 is 0. The molecule has 1 aromatic heterocycles. The largest absolute Gasteiger partial charge is 0.507 e. The van der Waals surface area contributed by atoms with Crippen molar-refractivity contribution in [1.29, 1.82) is 0 Å². The minimum atomic E-state index is -0.250. The lowest BCUT2D eigenvalue weighted by Crippen LogP contribution is -2.19. The zero-order valence-corrected chi connectivity index (χ0v) is 16.1. The number of benzene rings is 1. The van der Waals surface area contributed by atoms with Crippen LogP contribution < -0.4 is 0 Å². The number of phenolic OH excluding ortho intramolecular Hbond substituents is 1. The van der Waals surface area contributed by atoms with Crippen LogP contribution in [0, 0.1) is 0 Å². The summed E-state index contributed by atoms with van der Waals surface area (Å²) in [6.07, 6.45) is 3.67. The summed E-state index contributed by atoms with van der Waals surface area (Å²) in [4.78, 5) is 17.6. The highest BCUT2D eigenvalue weighted by molar-refractivity contribution is 6.08. The Morgan fingerprint density at radius 2 is 1.64 bits per heavy atom. The van der Waals surface area contributed by atoms with Crippen LogP contribution in [-0.4, -0.2) is 20.4 Å². The van der Waals surface area contributed by atoms with E-state index in [-0.39, 0.29) is 16.6 Å². The SMILES string of the molecule is CC(C)(C)c1cc(C(=O)c2cnc3n2CCC3)cc(C(C)(C)C)c1O. The number of ketones is 1. The van der Waals surface area contributed by atoms with Crippen molar-refractivity contribution in [2.45, 2.75) is 71.8 Å². The zero-order chi connectivity index (χ0) is 18.6. The number of carbonyl (C=O) groups is 1. The Morgan fingerprint density at radius 1 is 1.08 bits per heavy atom. The summed E-state index contributed by atoms with van der Waals surface area (Å²) in [6.45, 7) is 13.2. The number of aryl methyl sites for hydroxylation is 1. The van der Waals surface area contributed by atoms with Crippen molar-refractivity contribution >= 4 is 5.78 Å². The van der Waals surface area contributed by atoms with E-state index in [1.807, 2.05) is 16.7 Å². The van der Waals surface area contributed by atoms with Gasteiger partial charge in [0.15, 0.2) is 0 Å². The van der Waals surface area contributed by atoms with Crippen LogP contribution >= 0.6 is 0 Å². The van der Waals surface area contributed by atoms with Crippen LogP contribution in [0.25, 0.3) is 0 Å². The second kappa shape index (κ2) is 5.72. The minimum Gasteiger partial charge on any atom is -0.507 e. The molecular weight excluding hydrogens is 312 g/mol. The molecule has 0 saturated heterocycles. The van der Waals surface area contributed by atoms with E-state index >= 15 is 0 Å². The fourth-order valence-corrected chi connectivity index (χ4v) is 3.50.